The first kappa shape index (κ1) is 28.2. The summed E-state index contributed by atoms with van der Waals surface area (Å²) in [6.07, 6.45) is 9.65. The molecule has 0 aliphatic carbocycles. The summed E-state index contributed by atoms with van der Waals surface area (Å²) in [5.74, 6) is 0.231. The number of nitrogens with zero attached hydrogens (tertiary/aromatic N) is 2. The highest BCUT2D eigenvalue weighted by atomic mass is 79.9. The minimum absolute atomic E-state index is 0. The fourth-order valence-electron chi connectivity index (χ4n) is 3.85. The number of Topliss-reactive ketones (excluding diaryl/α,β-unsaturated/α-hetero) is 1. The second-order valence-corrected chi connectivity index (χ2v) is 10.7. The van der Waals surface area contributed by atoms with Crippen molar-refractivity contribution in [2.75, 3.05) is 0 Å². The van der Waals surface area contributed by atoms with Gasteiger partial charge in [0, 0.05) is 35.6 Å². The van der Waals surface area contributed by atoms with E-state index in [0.717, 1.165) is 24.1 Å². The van der Waals surface area contributed by atoms with Gasteiger partial charge in [0.05, 0.1) is 6.54 Å². The van der Waals surface area contributed by atoms with Gasteiger partial charge < -0.3 is 14.2 Å². The van der Waals surface area contributed by atoms with Crippen molar-refractivity contribution in [1.82, 2.24) is 9.13 Å². The largest absolute Gasteiger partial charge is 0.507 e. The number of aryl methyl sites for hydroxylation is 1. The van der Waals surface area contributed by atoms with Crippen molar-refractivity contribution in [1.29, 1.82) is 5.41 Å². The molecule has 0 amide bonds. The topological polar surface area (TPSA) is 71.0 Å². The Kier molecular flexibility index (Phi) is 10.0. The quantitative estimate of drug-likeness (QED) is 0.300. The van der Waals surface area contributed by atoms with E-state index in [1.54, 1.807) is 4.57 Å². The van der Waals surface area contributed by atoms with Crippen LogP contribution in [0.25, 0.3) is 0 Å². The van der Waals surface area contributed by atoms with E-state index >= 15 is 0 Å². The molecule has 1 aromatic carbocycles. The summed E-state index contributed by atoms with van der Waals surface area (Å²) in [5.41, 5.74) is 1.94. The number of ketones is 1. The Morgan fingerprint density at radius 1 is 0.906 bits per heavy atom. The van der Waals surface area contributed by atoms with Gasteiger partial charge in [-0.25, -0.2) is 0 Å². The van der Waals surface area contributed by atoms with Crippen molar-refractivity contribution in [3.05, 3.63) is 46.8 Å². The summed E-state index contributed by atoms with van der Waals surface area (Å²) in [6.45, 7) is 15.4. The van der Waals surface area contributed by atoms with E-state index in [2.05, 4.69) is 6.92 Å². The Hall–Kier alpha value is -1.82. The zero-order valence-corrected chi connectivity index (χ0v) is 22.6. The SMILES string of the molecule is Br.CCCCCCCn1ccn(CC(=O)c2cc(C(C)(C)C)c(O)c(C(C)(C)C)c2)c1=N. The lowest BCUT2D eigenvalue weighted by molar-refractivity contribution is 0.0969. The monoisotopic (exact) mass is 507 g/mol. The zero-order valence-electron chi connectivity index (χ0n) is 20.9. The first-order chi connectivity index (χ1) is 14.4. The molecule has 2 aromatic rings. The second kappa shape index (κ2) is 11.4. The van der Waals surface area contributed by atoms with Gasteiger partial charge in [-0.3, -0.25) is 10.2 Å². The molecule has 5 nitrogen and oxygen atoms in total. The average Bonchev–Trinajstić information content (AvgIpc) is 2.99. The first-order valence-electron chi connectivity index (χ1n) is 11.6. The number of carbonyl (C=O) groups is 1. The molecule has 2 rings (SSSR count). The number of imidazole rings is 1. The maximum Gasteiger partial charge on any atom is 0.202 e. The maximum atomic E-state index is 13.2. The summed E-state index contributed by atoms with van der Waals surface area (Å²) in [6, 6.07) is 3.64. The molecule has 0 aliphatic heterocycles. The van der Waals surface area contributed by atoms with E-state index < -0.39 is 0 Å². The van der Waals surface area contributed by atoms with Crippen molar-refractivity contribution >= 4 is 22.8 Å². The second-order valence-electron chi connectivity index (χ2n) is 10.7. The Morgan fingerprint density at radius 2 is 1.41 bits per heavy atom. The van der Waals surface area contributed by atoms with Crippen LogP contribution in [0.15, 0.2) is 24.5 Å². The van der Waals surface area contributed by atoms with Crippen LogP contribution in [0.5, 0.6) is 5.75 Å². The highest BCUT2D eigenvalue weighted by molar-refractivity contribution is 8.93. The van der Waals surface area contributed by atoms with Crippen LogP contribution in [0.2, 0.25) is 0 Å². The average molecular weight is 509 g/mol. The van der Waals surface area contributed by atoms with Gasteiger partial charge >= 0.3 is 0 Å². The lowest BCUT2D eigenvalue weighted by Gasteiger charge is -2.28. The van der Waals surface area contributed by atoms with Crippen molar-refractivity contribution in [3.63, 3.8) is 0 Å². The fraction of sp³-hybridized carbons (Fsp3) is 0.615. The summed E-state index contributed by atoms with van der Waals surface area (Å²) in [4.78, 5) is 13.2. The van der Waals surface area contributed by atoms with E-state index in [4.69, 9.17) is 5.41 Å². The van der Waals surface area contributed by atoms with Crippen LogP contribution in [-0.4, -0.2) is 20.0 Å². The minimum Gasteiger partial charge on any atom is -0.507 e. The van der Waals surface area contributed by atoms with E-state index in [0.29, 0.717) is 11.2 Å². The number of aromatic hydroxyl groups is 1. The number of carbonyl (C=O) groups excluding carboxylic acids is 1. The van der Waals surface area contributed by atoms with Crippen LogP contribution in [-0.2, 0) is 23.9 Å². The number of unbranched alkanes of at least 4 members (excludes halogenated alkanes) is 4. The molecule has 32 heavy (non-hydrogen) atoms. The van der Waals surface area contributed by atoms with E-state index in [1.165, 1.54) is 25.7 Å². The summed E-state index contributed by atoms with van der Waals surface area (Å²) in [7, 11) is 0. The third kappa shape index (κ3) is 7.09. The number of halogens is 1. The third-order valence-corrected chi connectivity index (χ3v) is 5.84. The van der Waals surface area contributed by atoms with Crippen LogP contribution in [0.3, 0.4) is 0 Å². The zero-order chi connectivity index (χ0) is 23.4. The van der Waals surface area contributed by atoms with Gasteiger partial charge in [-0.2, -0.15) is 0 Å². The summed E-state index contributed by atoms with van der Waals surface area (Å²) < 4.78 is 3.62. The van der Waals surface area contributed by atoms with Crippen molar-refractivity contribution in [2.24, 2.45) is 0 Å². The Bertz CT molecular complexity index is 924. The number of phenols is 1. The Balaban J connectivity index is 0.00000512. The molecular formula is C26H42BrN3O2. The predicted octanol–water partition coefficient (Wildman–Crippen LogP) is 6.50. The summed E-state index contributed by atoms with van der Waals surface area (Å²) in [5, 5.41) is 19.3. The normalized spacial score (nSPS) is 12.0. The van der Waals surface area contributed by atoms with Crippen LogP contribution < -0.4 is 5.62 Å². The van der Waals surface area contributed by atoms with Gasteiger partial charge in [0.25, 0.3) is 0 Å². The molecule has 0 spiro atoms. The van der Waals surface area contributed by atoms with Crippen LogP contribution >= 0.6 is 17.0 Å². The summed E-state index contributed by atoms with van der Waals surface area (Å²) >= 11 is 0. The Morgan fingerprint density at radius 3 is 1.91 bits per heavy atom. The van der Waals surface area contributed by atoms with Crippen LogP contribution in [0.4, 0.5) is 0 Å². The van der Waals surface area contributed by atoms with Crippen molar-refractivity contribution in [2.45, 2.75) is 104 Å². The highest BCUT2D eigenvalue weighted by Gasteiger charge is 2.27. The van der Waals surface area contributed by atoms with Gasteiger partial charge in [0.2, 0.25) is 5.62 Å². The van der Waals surface area contributed by atoms with E-state index in [1.807, 2.05) is 70.6 Å². The van der Waals surface area contributed by atoms with Crippen molar-refractivity contribution in [3.8, 4) is 5.75 Å². The molecular weight excluding hydrogens is 466 g/mol. The van der Waals surface area contributed by atoms with Gasteiger partial charge in [0.1, 0.15) is 5.75 Å². The first-order valence-corrected chi connectivity index (χ1v) is 11.6. The fourth-order valence-corrected chi connectivity index (χ4v) is 3.85. The molecule has 0 unspecified atom stereocenters. The number of nitrogens with one attached hydrogen (secondary N) is 1. The van der Waals surface area contributed by atoms with E-state index in [-0.39, 0.29) is 45.9 Å². The number of hydrogen-bond donors (Lipinski definition) is 2. The molecule has 0 saturated carbocycles. The number of phenolic OH excluding ortho intramolecular Hbond substituents is 1. The number of aromatic nitrogens is 2. The van der Waals surface area contributed by atoms with Gasteiger partial charge in [-0.1, -0.05) is 74.1 Å². The maximum absolute atomic E-state index is 13.2. The minimum atomic E-state index is -0.283. The number of hydrogen-bond acceptors (Lipinski definition) is 3. The molecule has 180 valence electrons. The van der Waals surface area contributed by atoms with E-state index in [9.17, 15) is 9.90 Å². The van der Waals surface area contributed by atoms with Gasteiger partial charge in [-0.15, -0.1) is 17.0 Å². The lowest BCUT2D eigenvalue weighted by Crippen LogP contribution is -2.27. The van der Waals surface area contributed by atoms with Crippen LogP contribution in [0.1, 0.15) is 102 Å². The molecule has 6 heteroatoms. The molecule has 1 aromatic heterocycles. The molecule has 0 bridgehead atoms. The molecule has 2 N–H and O–H groups in total. The lowest BCUT2D eigenvalue weighted by atomic mass is 9.78. The standard InChI is InChI=1S/C26H41N3O2.BrH/c1-8-9-10-11-12-13-28-14-15-29(24(28)27)18-22(30)19-16-20(25(2,3)4)23(31)21(17-19)26(5,6)7;/h14-17,27,31H,8-13,18H2,1-7H3;1H. The molecule has 0 radical (unpaired) electrons. The van der Waals surface area contributed by atoms with Crippen molar-refractivity contribution < 1.29 is 9.90 Å². The molecule has 0 fully saturated rings. The number of benzene rings is 1. The van der Waals surface area contributed by atoms with Crippen LogP contribution in [0, 0.1) is 5.41 Å². The van der Waals surface area contributed by atoms with Gasteiger partial charge in [-0.05, 0) is 29.4 Å². The molecule has 0 atom stereocenters. The highest BCUT2D eigenvalue weighted by Crippen LogP contribution is 2.39. The Labute approximate surface area is 204 Å². The molecule has 1 heterocycles. The smallest absolute Gasteiger partial charge is 0.202 e. The number of rotatable bonds is 9. The van der Waals surface area contributed by atoms with Gasteiger partial charge in [0.15, 0.2) is 5.78 Å². The predicted molar refractivity (Wildman–Crippen MR) is 137 cm³/mol. The molecule has 0 aliphatic rings. The third-order valence-electron chi connectivity index (χ3n) is 5.84. The molecule has 0 saturated heterocycles.